The van der Waals surface area contributed by atoms with Crippen molar-refractivity contribution in [2.45, 2.75) is 26.7 Å². The quantitative estimate of drug-likeness (QED) is 0.821. The molecule has 1 aromatic heterocycles. The van der Waals surface area contributed by atoms with E-state index in [1.54, 1.807) is 0 Å². The van der Waals surface area contributed by atoms with Crippen molar-refractivity contribution in [1.82, 2.24) is 5.32 Å². The topological polar surface area (TPSA) is 29.1 Å². The Morgan fingerprint density at radius 1 is 1.53 bits per heavy atom. The van der Waals surface area contributed by atoms with E-state index in [2.05, 4.69) is 51.0 Å². The van der Waals surface area contributed by atoms with Crippen molar-refractivity contribution in [3.05, 3.63) is 19.2 Å². The molecule has 2 rings (SSSR count). The summed E-state index contributed by atoms with van der Waals surface area (Å²) >= 11 is 8.26. The molecule has 5 heteroatoms. The lowest BCUT2D eigenvalue weighted by atomic mass is 9.92. The lowest BCUT2D eigenvalue weighted by Gasteiger charge is -2.19. The van der Waals surface area contributed by atoms with Crippen molar-refractivity contribution in [2.75, 3.05) is 6.54 Å². The van der Waals surface area contributed by atoms with Crippen LogP contribution < -0.4 is 5.32 Å². The van der Waals surface area contributed by atoms with Crippen LogP contribution in [-0.2, 0) is 0 Å². The monoisotopic (exact) mass is 379 g/mol. The summed E-state index contributed by atoms with van der Waals surface area (Å²) in [6.45, 7) is 5.27. The zero-order valence-electron chi connectivity index (χ0n) is 9.85. The average molecular weight is 381 g/mol. The molecule has 0 aliphatic heterocycles. The van der Waals surface area contributed by atoms with E-state index in [4.69, 9.17) is 0 Å². The van der Waals surface area contributed by atoms with E-state index in [-0.39, 0.29) is 5.91 Å². The smallest absolute Gasteiger partial charge is 0.261 e. The number of nitrogens with one attached hydrogen (secondary N) is 1. The maximum atomic E-state index is 12.0. The molecule has 1 fully saturated rings. The van der Waals surface area contributed by atoms with Crippen molar-refractivity contribution < 1.29 is 4.79 Å². The van der Waals surface area contributed by atoms with E-state index in [0.29, 0.717) is 11.3 Å². The highest BCUT2D eigenvalue weighted by Gasteiger charge is 2.45. The van der Waals surface area contributed by atoms with E-state index in [0.717, 1.165) is 19.7 Å². The van der Waals surface area contributed by atoms with Gasteiger partial charge in [0.25, 0.3) is 5.91 Å². The van der Waals surface area contributed by atoms with Gasteiger partial charge in [-0.3, -0.25) is 4.79 Å². The Labute approximate surface area is 122 Å². The number of carbonyl (C=O) groups excluding carboxylic acids is 1. The van der Waals surface area contributed by atoms with Gasteiger partial charge < -0.3 is 5.32 Å². The Hall–Kier alpha value is 0.130. The maximum absolute atomic E-state index is 12.0. The summed E-state index contributed by atoms with van der Waals surface area (Å²) in [5, 5.41) is 3.05. The van der Waals surface area contributed by atoms with Gasteiger partial charge in [0.05, 0.1) is 8.66 Å². The SMILES string of the molecule is CC(C)C1(CNC(=O)c2cc(Br)c(Br)s2)CC1. The molecule has 1 aliphatic carbocycles. The highest BCUT2D eigenvalue weighted by atomic mass is 79.9. The third kappa shape index (κ3) is 2.93. The zero-order valence-corrected chi connectivity index (χ0v) is 13.8. The summed E-state index contributed by atoms with van der Waals surface area (Å²) in [4.78, 5) is 12.7. The van der Waals surface area contributed by atoms with Gasteiger partial charge in [-0.1, -0.05) is 13.8 Å². The van der Waals surface area contributed by atoms with Gasteiger partial charge >= 0.3 is 0 Å². The number of halogens is 2. The molecule has 1 N–H and O–H groups in total. The van der Waals surface area contributed by atoms with Gasteiger partial charge in [0.2, 0.25) is 0 Å². The fourth-order valence-electron chi connectivity index (χ4n) is 1.92. The molecule has 1 aliphatic rings. The third-order valence-electron chi connectivity index (χ3n) is 3.59. The van der Waals surface area contributed by atoms with Gasteiger partial charge in [-0.2, -0.15) is 0 Å². The lowest BCUT2D eigenvalue weighted by molar-refractivity contribution is 0.0944. The highest BCUT2D eigenvalue weighted by Crippen LogP contribution is 2.51. The van der Waals surface area contributed by atoms with Gasteiger partial charge in [-0.25, -0.2) is 0 Å². The molecule has 1 heterocycles. The first-order valence-corrected chi connectivity index (χ1v) is 8.08. The Bertz CT molecular complexity index is 418. The number of amides is 1. The number of hydrogen-bond donors (Lipinski definition) is 1. The van der Waals surface area contributed by atoms with Crippen LogP contribution in [0.15, 0.2) is 14.3 Å². The fourth-order valence-corrected chi connectivity index (χ4v) is 3.87. The zero-order chi connectivity index (χ0) is 12.6. The molecule has 1 aromatic rings. The van der Waals surface area contributed by atoms with Crippen molar-refractivity contribution in [3.8, 4) is 0 Å². The largest absolute Gasteiger partial charge is 0.351 e. The Kier molecular flexibility index (Phi) is 4.00. The van der Waals surface area contributed by atoms with Gasteiger partial charge in [-0.15, -0.1) is 11.3 Å². The molecule has 1 saturated carbocycles. The maximum Gasteiger partial charge on any atom is 0.261 e. The summed E-state index contributed by atoms with van der Waals surface area (Å²) in [5.74, 6) is 0.679. The minimum Gasteiger partial charge on any atom is -0.351 e. The van der Waals surface area contributed by atoms with Gasteiger partial charge in [0.15, 0.2) is 0 Å². The Morgan fingerprint density at radius 2 is 2.18 bits per heavy atom. The van der Waals surface area contributed by atoms with E-state index in [1.807, 2.05) is 6.07 Å². The summed E-state index contributed by atoms with van der Waals surface area (Å²) in [6, 6.07) is 1.86. The molecule has 0 aromatic carbocycles. The number of carbonyl (C=O) groups is 1. The minimum absolute atomic E-state index is 0.0355. The third-order valence-corrected chi connectivity index (χ3v) is 6.84. The lowest BCUT2D eigenvalue weighted by Crippen LogP contribution is -2.32. The highest BCUT2D eigenvalue weighted by molar-refractivity contribution is 9.13. The molecule has 94 valence electrons. The predicted molar refractivity (Wildman–Crippen MR) is 78.6 cm³/mol. The first-order chi connectivity index (χ1) is 7.94. The van der Waals surface area contributed by atoms with Crippen molar-refractivity contribution in [1.29, 1.82) is 0 Å². The summed E-state index contributed by atoms with van der Waals surface area (Å²) in [7, 11) is 0. The van der Waals surface area contributed by atoms with Gasteiger partial charge in [0.1, 0.15) is 0 Å². The molecule has 0 radical (unpaired) electrons. The van der Waals surface area contributed by atoms with Crippen LogP contribution in [0.1, 0.15) is 36.4 Å². The van der Waals surface area contributed by atoms with Crippen molar-refractivity contribution in [2.24, 2.45) is 11.3 Å². The fraction of sp³-hybridized carbons (Fsp3) is 0.583. The van der Waals surface area contributed by atoms with Crippen LogP contribution in [0, 0.1) is 11.3 Å². The normalized spacial score (nSPS) is 17.2. The van der Waals surface area contributed by atoms with E-state index < -0.39 is 0 Å². The predicted octanol–water partition coefficient (Wildman–Crippen LogP) is 4.44. The average Bonchev–Trinajstić information content (AvgIpc) is 2.99. The molecule has 0 atom stereocenters. The van der Waals surface area contributed by atoms with Gasteiger partial charge in [0, 0.05) is 11.0 Å². The van der Waals surface area contributed by atoms with Crippen LogP contribution in [0.25, 0.3) is 0 Å². The first-order valence-electron chi connectivity index (χ1n) is 5.68. The number of rotatable bonds is 4. The molecule has 0 bridgehead atoms. The molecule has 2 nitrogen and oxygen atoms in total. The molecule has 1 amide bonds. The first kappa shape index (κ1) is 13.6. The summed E-state index contributed by atoms with van der Waals surface area (Å²) in [6.07, 6.45) is 2.48. The van der Waals surface area contributed by atoms with Crippen molar-refractivity contribution in [3.63, 3.8) is 0 Å². The van der Waals surface area contributed by atoms with Crippen molar-refractivity contribution >= 4 is 49.1 Å². The Morgan fingerprint density at radius 3 is 2.59 bits per heavy atom. The second kappa shape index (κ2) is 5.02. The van der Waals surface area contributed by atoms with E-state index in [9.17, 15) is 4.79 Å². The summed E-state index contributed by atoms with van der Waals surface area (Å²) < 4.78 is 1.91. The molecule has 0 spiro atoms. The van der Waals surface area contributed by atoms with Crippen LogP contribution in [0.2, 0.25) is 0 Å². The molecule has 0 saturated heterocycles. The van der Waals surface area contributed by atoms with Crippen LogP contribution in [0.3, 0.4) is 0 Å². The number of hydrogen-bond acceptors (Lipinski definition) is 2. The van der Waals surface area contributed by atoms with Crippen LogP contribution in [-0.4, -0.2) is 12.5 Å². The second-order valence-corrected chi connectivity index (χ2v) is 8.16. The summed E-state index contributed by atoms with van der Waals surface area (Å²) in [5.41, 5.74) is 0.362. The number of thiophene rings is 1. The van der Waals surface area contributed by atoms with E-state index >= 15 is 0 Å². The molecular formula is C12H15Br2NOS. The van der Waals surface area contributed by atoms with Crippen LogP contribution in [0.5, 0.6) is 0 Å². The molecule has 0 unspecified atom stereocenters. The standard InChI is InChI=1S/C12H15Br2NOS/c1-7(2)12(3-4-12)6-15-11(16)9-5-8(13)10(14)17-9/h5,7H,3-4,6H2,1-2H3,(H,15,16). The van der Waals surface area contributed by atoms with Crippen LogP contribution in [0.4, 0.5) is 0 Å². The second-order valence-electron chi connectivity index (χ2n) is 4.93. The Balaban J connectivity index is 1.94. The van der Waals surface area contributed by atoms with Gasteiger partial charge in [-0.05, 0) is 62.1 Å². The molecular weight excluding hydrogens is 366 g/mol. The molecule has 17 heavy (non-hydrogen) atoms. The van der Waals surface area contributed by atoms with Crippen LogP contribution >= 0.6 is 43.2 Å². The van der Waals surface area contributed by atoms with E-state index in [1.165, 1.54) is 24.2 Å². The minimum atomic E-state index is 0.0355.